The Morgan fingerprint density at radius 3 is 2.58 bits per heavy atom. The normalized spacial score (nSPS) is 10.7. The summed E-state index contributed by atoms with van der Waals surface area (Å²) >= 11 is 0. The third kappa shape index (κ3) is 2.31. The molecule has 0 aliphatic heterocycles. The van der Waals surface area contributed by atoms with Crippen molar-refractivity contribution in [3.63, 3.8) is 0 Å². The van der Waals surface area contributed by atoms with Crippen molar-refractivity contribution in [1.82, 2.24) is 15.0 Å². The standard InChI is InChI=1S/C19H11FN4/c20-14-3-1-2-13(10-14)17-18(12-6-8-22-9-7-12)24-16-5-4-15(11-21)23-19(16)17/h1-10,24H. The summed E-state index contributed by atoms with van der Waals surface area (Å²) in [5.41, 5.74) is 4.97. The first-order chi connectivity index (χ1) is 11.8. The van der Waals surface area contributed by atoms with Gasteiger partial charge in [0, 0.05) is 23.5 Å². The van der Waals surface area contributed by atoms with Gasteiger partial charge in [-0.15, -0.1) is 0 Å². The quantitative estimate of drug-likeness (QED) is 0.600. The van der Waals surface area contributed by atoms with Crippen LogP contribution in [0.5, 0.6) is 0 Å². The summed E-state index contributed by atoms with van der Waals surface area (Å²) in [6, 6.07) is 15.6. The molecule has 0 fully saturated rings. The zero-order valence-corrected chi connectivity index (χ0v) is 12.5. The minimum atomic E-state index is -0.320. The van der Waals surface area contributed by atoms with Crippen LogP contribution in [0.1, 0.15) is 5.69 Å². The van der Waals surface area contributed by atoms with E-state index in [9.17, 15) is 4.39 Å². The Morgan fingerprint density at radius 1 is 1.00 bits per heavy atom. The van der Waals surface area contributed by atoms with Crippen LogP contribution in [-0.2, 0) is 0 Å². The second kappa shape index (κ2) is 5.60. The van der Waals surface area contributed by atoms with Crippen molar-refractivity contribution in [2.75, 3.05) is 0 Å². The molecule has 0 unspecified atom stereocenters. The molecule has 114 valence electrons. The monoisotopic (exact) mass is 314 g/mol. The molecular weight excluding hydrogens is 303 g/mol. The van der Waals surface area contributed by atoms with E-state index in [0.717, 1.165) is 22.3 Å². The summed E-state index contributed by atoms with van der Waals surface area (Å²) in [4.78, 5) is 11.8. The maximum atomic E-state index is 13.7. The van der Waals surface area contributed by atoms with Gasteiger partial charge in [0.25, 0.3) is 0 Å². The molecule has 1 N–H and O–H groups in total. The number of pyridine rings is 2. The predicted molar refractivity (Wildman–Crippen MR) is 89.4 cm³/mol. The van der Waals surface area contributed by atoms with Gasteiger partial charge in [0.2, 0.25) is 0 Å². The van der Waals surface area contributed by atoms with Crippen LogP contribution in [0.15, 0.2) is 60.9 Å². The van der Waals surface area contributed by atoms with Gasteiger partial charge in [-0.25, -0.2) is 9.37 Å². The van der Waals surface area contributed by atoms with E-state index in [-0.39, 0.29) is 5.82 Å². The average Bonchev–Trinajstić information content (AvgIpc) is 3.01. The van der Waals surface area contributed by atoms with Crippen LogP contribution in [-0.4, -0.2) is 15.0 Å². The summed E-state index contributed by atoms with van der Waals surface area (Å²) < 4.78 is 13.7. The molecule has 3 aromatic heterocycles. The van der Waals surface area contributed by atoms with Gasteiger partial charge in [0.05, 0.1) is 16.7 Å². The van der Waals surface area contributed by atoms with Gasteiger partial charge in [-0.05, 0) is 42.0 Å². The molecule has 5 heteroatoms. The molecule has 0 spiro atoms. The Labute approximate surface area is 137 Å². The highest BCUT2D eigenvalue weighted by Gasteiger charge is 2.17. The van der Waals surface area contributed by atoms with E-state index in [4.69, 9.17) is 5.26 Å². The van der Waals surface area contributed by atoms with Crippen LogP contribution < -0.4 is 0 Å². The minimum Gasteiger partial charge on any atom is -0.353 e. The number of fused-ring (bicyclic) bond motifs is 1. The van der Waals surface area contributed by atoms with Gasteiger partial charge in [-0.2, -0.15) is 5.26 Å². The summed E-state index contributed by atoms with van der Waals surface area (Å²) in [6.45, 7) is 0. The maximum Gasteiger partial charge on any atom is 0.141 e. The summed E-state index contributed by atoms with van der Waals surface area (Å²) in [6.07, 6.45) is 3.40. The Bertz CT molecular complexity index is 1080. The fourth-order valence-corrected chi connectivity index (χ4v) is 2.79. The van der Waals surface area contributed by atoms with Crippen molar-refractivity contribution in [3.8, 4) is 28.5 Å². The van der Waals surface area contributed by atoms with Crippen molar-refractivity contribution in [3.05, 3.63) is 72.4 Å². The zero-order valence-electron chi connectivity index (χ0n) is 12.5. The van der Waals surface area contributed by atoms with E-state index in [1.54, 1.807) is 24.5 Å². The molecule has 0 bridgehead atoms. The lowest BCUT2D eigenvalue weighted by molar-refractivity contribution is 0.628. The van der Waals surface area contributed by atoms with E-state index < -0.39 is 0 Å². The van der Waals surface area contributed by atoms with Crippen LogP contribution >= 0.6 is 0 Å². The Hall–Kier alpha value is -3.52. The number of hydrogen-bond donors (Lipinski definition) is 1. The number of nitriles is 1. The molecule has 0 radical (unpaired) electrons. The molecule has 24 heavy (non-hydrogen) atoms. The second-order valence-electron chi connectivity index (χ2n) is 5.33. The van der Waals surface area contributed by atoms with Crippen molar-refractivity contribution >= 4 is 11.0 Å². The van der Waals surface area contributed by atoms with Crippen molar-refractivity contribution in [1.29, 1.82) is 5.26 Å². The van der Waals surface area contributed by atoms with Crippen LogP contribution in [0, 0.1) is 17.1 Å². The molecular formula is C19H11FN4. The summed E-state index contributed by atoms with van der Waals surface area (Å²) in [5.74, 6) is -0.320. The largest absolute Gasteiger partial charge is 0.353 e. The molecule has 4 nitrogen and oxygen atoms in total. The first kappa shape index (κ1) is 14.1. The van der Waals surface area contributed by atoms with Crippen molar-refractivity contribution in [2.45, 2.75) is 0 Å². The number of nitrogens with zero attached hydrogens (tertiary/aromatic N) is 3. The smallest absolute Gasteiger partial charge is 0.141 e. The van der Waals surface area contributed by atoms with Crippen LogP contribution in [0.2, 0.25) is 0 Å². The molecule has 3 heterocycles. The number of aromatic nitrogens is 3. The van der Waals surface area contributed by atoms with Gasteiger partial charge in [-0.1, -0.05) is 12.1 Å². The molecule has 4 aromatic rings. The molecule has 0 aliphatic rings. The van der Waals surface area contributed by atoms with E-state index >= 15 is 0 Å². The van der Waals surface area contributed by atoms with Crippen molar-refractivity contribution < 1.29 is 4.39 Å². The number of H-pyrrole nitrogens is 1. The first-order valence-corrected chi connectivity index (χ1v) is 7.35. The number of rotatable bonds is 2. The Balaban J connectivity index is 2.09. The molecule has 0 aliphatic carbocycles. The Kier molecular flexibility index (Phi) is 3.29. The van der Waals surface area contributed by atoms with Crippen molar-refractivity contribution in [2.24, 2.45) is 0 Å². The third-order valence-corrected chi connectivity index (χ3v) is 3.84. The average molecular weight is 314 g/mol. The zero-order chi connectivity index (χ0) is 16.5. The van der Waals surface area contributed by atoms with Crippen LogP contribution in [0.25, 0.3) is 33.4 Å². The van der Waals surface area contributed by atoms with Gasteiger partial charge in [0.1, 0.15) is 17.6 Å². The van der Waals surface area contributed by atoms with E-state index in [0.29, 0.717) is 16.8 Å². The second-order valence-corrected chi connectivity index (χ2v) is 5.33. The molecule has 1 aromatic carbocycles. The highest BCUT2D eigenvalue weighted by Crippen LogP contribution is 2.37. The van der Waals surface area contributed by atoms with E-state index in [1.807, 2.05) is 30.3 Å². The fourth-order valence-electron chi connectivity index (χ4n) is 2.79. The lowest BCUT2D eigenvalue weighted by atomic mass is 10.0. The lowest BCUT2D eigenvalue weighted by Crippen LogP contribution is -1.86. The number of aromatic amines is 1. The van der Waals surface area contributed by atoms with E-state index in [2.05, 4.69) is 15.0 Å². The van der Waals surface area contributed by atoms with Gasteiger partial charge in [0.15, 0.2) is 0 Å². The Morgan fingerprint density at radius 2 is 1.83 bits per heavy atom. The summed E-state index contributed by atoms with van der Waals surface area (Å²) in [7, 11) is 0. The maximum absolute atomic E-state index is 13.7. The van der Waals surface area contributed by atoms with Crippen LogP contribution in [0.3, 0.4) is 0 Å². The predicted octanol–water partition coefficient (Wildman–Crippen LogP) is 4.30. The highest BCUT2D eigenvalue weighted by atomic mass is 19.1. The molecule has 4 rings (SSSR count). The molecule has 0 saturated carbocycles. The SMILES string of the molecule is N#Cc1ccc2[nH]c(-c3ccncc3)c(-c3cccc(F)c3)c2n1. The third-order valence-electron chi connectivity index (χ3n) is 3.84. The molecule has 0 atom stereocenters. The number of halogens is 1. The van der Waals surface area contributed by atoms with Crippen LogP contribution in [0.4, 0.5) is 4.39 Å². The number of nitrogens with one attached hydrogen (secondary N) is 1. The first-order valence-electron chi connectivity index (χ1n) is 7.35. The van der Waals surface area contributed by atoms with Gasteiger partial charge >= 0.3 is 0 Å². The lowest BCUT2D eigenvalue weighted by Gasteiger charge is -2.05. The van der Waals surface area contributed by atoms with E-state index in [1.165, 1.54) is 12.1 Å². The highest BCUT2D eigenvalue weighted by molar-refractivity contribution is 6.01. The molecule has 0 saturated heterocycles. The number of hydrogen-bond acceptors (Lipinski definition) is 3. The fraction of sp³-hybridized carbons (Fsp3) is 0. The summed E-state index contributed by atoms with van der Waals surface area (Å²) in [5, 5.41) is 9.14. The van der Waals surface area contributed by atoms with Gasteiger partial charge < -0.3 is 4.98 Å². The molecule has 0 amide bonds. The van der Waals surface area contributed by atoms with Gasteiger partial charge in [-0.3, -0.25) is 4.98 Å². The topological polar surface area (TPSA) is 65.4 Å². The minimum absolute atomic E-state index is 0.320. The number of benzene rings is 1.